The normalized spacial score (nSPS) is 18.7. The third-order valence-electron chi connectivity index (χ3n) is 7.11. The fraction of sp³-hybridized carbons (Fsp3) is 0.423. The Morgan fingerprint density at radius 3 is 2.61 bits per heavy atom. The largest absolute Gasteiger partial charge is 0.489 e. The van der Waals surface area contributed by atoms with Crippen LogP contribution in [0.25, 0.3) is 10.9 Å². The number of aromatic amines is 1. The SMILES string of the molecule is O=C(O)CC1CCc2c1[nH]c1ccc(OCc3ccc(C4CCCC4)c(C(F)(F)F)c3)cc21. The van der Waals surface area contributed by atoms with Crippen LogP contribution in [0.15, 0.2) is 36.4 Å². The second kappa shape index (κ2) is 8.43. The van der Waals surface area contributed by atoms with Crippen molar-refractivity contribution in [1.82, 2.24) is 4.98 Å². The molecular weight excluding hydrogens is 431 g/mol. The van der Waals surface area contributed by atoms with E-state index in [1.807, 2.05) is 12.1 Å². The highest BCUT2D eigenvalue weighted by molar-refractivity contribution is 5.87. The molecule has 1 heterocycles. The van der Waals surface area contributed by atoms with Gasteiger partial charge in [-0.1, -0.05) is 25.0 Å². The van der Waals surface area contributed by atoms with Crippen molar-refractivity contribution in [2.24, 2.45) is 0 Å². The molecule has 2 aliphatic rings. The highest BCUT2D eigenvalue weighted by Gasteiger charge is 2.36. The quantitative estimate of drug-likeness (QED) is 0.422. The van der Waals surface area contributed by atoms with Gasteiger partial charge in [-0.2, -0.15) is 13.2 Å². The Balaban J connectivity index is 1.36. The molecule has 7 heteroatoms. The van der Waals surface area contributed by atoms with Crippen LogP contribution in [-0.4, -0.2) is 16.1 Å². The van der Waals surface area contributed by atoms with Gasteiger partial charge in [-0.25, -0.2) is 0 Å². The van der Waals surface area contributed by atoms with Crippen LogP contribution >= 0.6 is 0 Å². The van der Waals surface area contributed by atoms with Crippen molar-refractivity contribution in [2.75, 3.05) is 0 Å². The van der Waals surface area contributed by atoms with Crippen LogP contribution in [0.1, 0.15) is 78.3 Å². The zero-order valence-electron chi connectivity index (χ0n) is 18.2. The van der Waals surface area contributed by atoms with Gasteiger partial charge in [-0.3, -0.25) is 4.79 Å². The van der Waals surface area contributed by atoms with Crippen LogP contribution in [-0.2, 0) is 24.0 Å². The van der Waals surface area contributed by atoms with Gasteiger partial charge in [-0.05, 0) is 72.6 Å². The Morgan fingerprint density at radius 2 is 1.88 bits per heavy atom. The third-order valence-corrected chi connectivity index (χ3v) is 7.11. The van der Waals surface area contributed by atoms with E-state index < -0.39 is 17.7 Å². The lowest BCUT2D eigenvalue weighted by atomic mass is 9.91. The Bertz CT molecular complexity index is 1190. The second-order valence-corrected chi connectivity index (χ2v) is 9.25. The fourth-order valence-electron chi connectivity index (χ4n) is 5.53. The number of benzene rings is 2. The van der Waals surface area contributed by atoms with Crippen LogP contribution in [0.5, 0.6) is 5.75 Å². The molecule has 2 N–H and O–H groups in total. The maximum atomic E-state index is 13.7. The average molecular weight is 457 g/mol. The number of carbonyl (C=O) groups is 1. The second-order valence-electron chi connectivity index (χ2n) is 9.25. The van der Waals surface area contributed by atoms with E-state index in [0.29, 0.717) is 16.9 Å². The summed E-state index contributed by atoms with van der Waals surface area (Å²) >= 11 is 0. The Kier molecular flexibility index (Phi) is 5.59. The van der Waals surface area contributed by atoms with Gasteiger partial charge >= 0.3 is 12.1 Å². The predicted molar refractivity (Wildman–Crippen MR) is 119 cm³/mol. The molecule has 0 amide bonds. The van der Waals surface area contributed by atoms with Crippen molar-refractivity contribution in [2.45, 2.75) is 69.6 Å². The molecule has 1 fully saturated rings. The topological polar surface area (TPSA) is 62.3 Å². The summed E-state index contributed by atoms with van der Waals surface area (Å²) in [6.45, 7) is 0.0494. The van der Waals surface area contributed by atoms with Crippen LogP contribution in [0.4, 0.5) is 13.2 Å². The maximum absolute atomic E-state index is 13.7. The maximum Gasteiger partial charge on any atom is 0.416 e. The minimum absolute atomic E-state index is 0.0142. The summed E-state index contributed by atoms with van der Waals surface area (Å²) in [6.07, 6.45) is 0.897. The van der Waals surface area contributed by atoms with Crippen molar-refractivity contribution in [1.29, 1.82) is 0 Å². The van der Waals surface area contributed by atoms with Crippen LogP contribution < -0.4 is 4.74 Å². The summed E-state index contributed by atoms with van der Waals surface area (Å²) in [5.41, 5.74) is 3.36. The molecule has 5 rings (SSSR count). The standard InChI is InChI=1S/C26H26F3NO3/c27-26(28,29)22-11-15(5-8-19(22)16-3-1-2-4-16)14-33-18-7-10-23-21(13-18)20-9-6-17(12-24(31)32)25(20)30-23/h5,7-8,10-11,13,16-17,30H,1-4,6,9,12,14H2,(H,31,32). The zero-order valence-corrected chi connectivity index (χ0v) is 18.2. The number of alkyl halides is 3. The van der Waals surface area contributed by atoms with Gasteiger partial charge in [0.25, 0.3) is 0 Å². The number of carboxylic acid groups (broad SMARTS) is 1. The predicted octanol–water partition coefficient (Wildman–Crippen LogP) is 6.93. The molecule has 1 unspecified atom stereocenters. The first kappa shape index (κ1) is 21.9. The van der Waals surface area contributed by atoms with Gasteiger partial charge < -0.3 is 14.8 Å². The van der Waals surface area contributed by atoms with E-state index in [0.717, 1.165) is 60.7 Å². The van der Waals surface area contributed by atoms with E-state index in [-0.39, 0.29) is 24.9 Å². The number of rotatable bonds is 6. The van der Waals surface area contributed by atoms with Gasteiger partial charge in [0.05, 0.1) is 12.0 Å². The molecule has 0 radical (unpaired) electrons. The molecule has 3 aromatic rings. The molecule has 1 aromatic heterocycles. The molecule has 2 aliphatic carbocycles. The number of H-pyrrole nitrogens is 1. The Morgan fingerprint density at radius 1 is 1.09 bits per heavy atom. The van der Waals surface area contributed by atoms with E-state index >= 15 is 0 Å². The minimum atomic E-state index is -4.38. The molecule has 0 spiro atoms. The molecule has 1 saturated carbocycles. The smallest absolute Gasteiger partial charge is 0.416 e. The molecule has 0 bridgehead atoms. The summed E-state index contributed by atoms with van der Waals surface area (Å²) in [5, 5.41) is 10.1. The summed E-state index contributed by atoms with van der Waals surface area (Å²) in [5.74, 6) is -0.264. The van der Waals surface area contributed by atoms with E-state index in [4.69, 9.17) is 9.84 Å². The summed E-state index contributed by atoms with van der Waals surface area (Å²) in [6, 6.07) is 10.2. The van der Waals surface area contributed by atoms with Crippen LogP contribution in [0.2, 0.25) is 0 Å². The van der Waals surface area contributed by atoms with Gasteiger partial charge in [0.2, 0.25) is 0 Å². The van der Waals surface area contributed by atoms with Crippen LogP contribution in [0, 0.1) is 0 Å². The highest BCUT2D eigenvalue weighted by Crippen LogP contribution is 2.43. The molecule has 174 valence electrons. The van der Waals surface area contributed by atoms with Gasteiger partial charge in [-0.15, -0.1) is 0 Å². The van der Waals surface area contributed by atoms with Crippen molar-refractivity contribution in [3.05, 3.63) is 64.3 Å². The lowest BCUT2D eigenvalue weighted by Gasteiger charge is -2.19. The Hall–Kier alpha value is -2.96. The van der Waals surface area contributed by atoms with Gasteiger partial charge in [0.15, 0.2) is 0 Å². The van der Waals surface area contributed by atoms with Crippen LogP contribution in [0.3, 0.4) is 0 Å². The van der Waals surface area contributed by atoms with Crippen molar-refractivity contribution < 1.29 is 27.8 Å². The van der Waals surface area contributed by atoms with Crippen molar-refractivity contribution >= 4 is 16.9 Å². The number of nitrogens with one attached hydrogen (secondary N) is 1. The number of halogens is 3. The van der Waals surface area contributed by atoms with Gasteiger partial charge in [0, 0.05) is 22.5 Å². The number of aliphatic carboxylic acids is 1. The van der Waals surface area contributed by atoms with Crippen molar-refractivity contribution in [3.8, 4) is 5.75 Å². The number of aromatic nitrogens is 1. The first-order chi connectivity index (χ1) is 15.8. The lowest BCUT2D eigenvalue weighted by molar-refractivity contribution is -0.139. The fourth-order valence-corrected chi connectivity index (χ4v) is 5.53. The number of carboxylic acids is 1. The number of ether oxygens (including phenoxy) is 1. The summed E-state index contributed by atoms with van der Waals surface area (Å²) in [7, 11) is 0. The average Bonchev–Trinajstić information content (AvgIpc) is 3.49. The molecule has 1 atom stereocenters. The molecular formula is C26H26F3NO3. The number of fused-ring (bicyclic) bond motifs is 3. The molecule has 4 nitrogen and oxygen atoms in total. The van der Waals surface area contributed by atoms with E-state index in [1.54, 1.807) is 18.2 Å². The van der Waals surface area contributed by atoms with Gasteiger partial charge in [0.1, 0.15) is 12.4 Å². The molecule has 2 aromatic carbocycles. The molecule has 0 saturated heterocycles. The lowest BCUT2D eigenvalue weighted by Crippen LogP contribution is -2.12. The molecule has 33 heavy (non-hydrogen) atoms. The first-order valence-corrected chi connectivity index (χ1v) is 11.5. The zero-order chi connectivity index (χ0) is 23.2. The number of hydrogen-bond acceptors (Lipinski definition) is 2. The molecule has 0 aliphatic heterocycles. The minimum Gasteiger partial charge on any atom is -0.489 e. The Labute approximate surface area is 189 Å². The van der Waals surface area contributed by atoms with E-state index in [2.05, 4.69) is 4.98 Å². The van der Waals surface area contributed by atoms with E-state index in [1.165, 1.54) is 6.07 Å². The first-order valence-electron chi connectivity index (χ1n) is 11.5. The highest BCUT2D eigenvalue weighted by atomic mass is 19.4. The monoisotopic (exact) mass is 457 g/mol. The van der Waals surface area contributed by atoms with Crippen molar-refractivity contribution in [3.63, 3.8) is 0 Å². The van der Waals surface area contributed by atoms with E-state index in [9.17, 15) is 18.0 Å². The number of aryl methyl sites for hydroxylation is 1. The third kappa shape index (κ3) is 4.33. The summed E-state index contributed by atoms with van der Waals surface area (Å²) < 4.78 is 47.1. The summed E-state index contributed by atoms with van der Waals surface area (Å²) in [4.78, 5) is 14.5. The number of hydrogen-bond donors (Lipinski definition) is 2.